The maximum Gasteiger partial charge on any atom is 0.261 e. The van der Waals surface area contributed by atoms with Crippen molar-refractivity contribution in [3.05, 3.63) is 43.8 Å². The molecule has 2 heterocycles. The van der Waals surface area contributed by atoms with Crippen LogP contribution in [0.5, 0.6) is 0 Å². The number of thiophene rings is 2. The van der Waals surface area contributed by atoms with Crippen molar-refractivity contribution in [3.63, 3.8) is 0 Å². The second-order valence-corrected chi connectivity index (χ2v) is 11.9. The fourth-order valence-corrected chi connectivity index (χ4v) is 6.55. The van der Waals surface area contributed by atoms with Gasteiger partial charge in [-0.15, -0.1) is 22.7 Å². The van der Waals surface area contributed by atoms with Crippen LogP contribution in [-0.4, -0.2) is 54.3 Å². The number of carbonyl (C=O) groups is 2. The maximum atomic E-state index is 13.0. The van der Waals surface area contributed by atoms with E-state index >= 15 is 0 Å². The van der Waals surface area contributed by atoms with Crippen LogP contribution >= 0.6 is 22.7 Å². The first-order chi connectivity index (χ1) is 18.2. The summed E-state index contributed by atoms with van der Waals surface area (Å²) in [6, 6.07) is 7.76. The Kier molecular flexibility index (Phi) is 10.7. The number of carbonyl (C=O) groups excluding carboxylic acids is 2. The molecule has 0 aliphatic heterocycles. The molecule has 5 atom stereocenters. The van der Waals surface area contributed by atoms with Crippen LogP contribution in [0.3, 0.4) is 0 Å². The summed E-state index contributed by atoms with van der Waals surface area (Å²) in [5.41, 5.74) is 9.74. The molecule has 2 aromatic heterocycles. The molecular formula is C26H38N8O2S2. The summed E-state index contributed by atoms with van der Waals surface area (Å²) >= 11 is 3.17. The van der Waals surface area contributed by atoms with E-state index in [1.165, 1.54) is 16.2 Å². The van der Waals surface area contributed by atoms with E-state index in [4.69, 9.17) is 11.6 Å². The number of hydrazine groups is 1. The number of nitrogens with one attached hydrogen (secondary N) is 3. The molecule has 4 unspecified atom stereocenters. The number of nitrogens with zero attached hydrogens (tertiary/aromatic N) is 3. The monoisotopic (exact) mass is 558 g/mol. The lowest BCUT2D eigenvalue weighted by Crippen LogP contribution is -2.46. The molecule has 38 heavy (non-hydrogen) atoms. The fourth-order valence-electron chi connectivity index (χ4n) is 4.65. The van der Waals surface area contributed by atoms with Gasteiger partial charge in [-0.1, -0.05) is 6.92 Å². The molecule has 0 bridgehead atoms. The van der Waals surface area contributed by atoms with Crippen LogP contribution in [0.2, 0.25) is 0 Å². The Balaban J connectivity index is 1.66. The zero-order valence-corrected chi connectivity index (χ0v) is 24.0. The van der Waals surface area contributed by atoms with Crippen LogP contribution < -0.4 is 27.7 Å². The van der Waals surface area contributed by atoms with E-state index in [1.807, 2.05) is 24.4 Å². The summed E-state index contributed by atoms with van der Waals surface area (Å²) in [4.78, 5) is 29.6. The van der Waals surface area contributed by atoms with Crippen molar-refractivity contribution in [3.8, 4) is 6.07 Å². The molecule has 1 fully saturated rings. The van der Waals surface area contributed by atoms with Gasteiger partial charge in [0.1, 0.15) is 11.9 Å². The lowest BCUT2D eigenvalue weighted by atomic mass is 9.91. The number of aryl methyl sites for hydroxylation is 2. The van der Waals surface area contributed by atoms with Crippen LogP contribution in [0.1, 0.15) is 64.5 Å². The zero-order chi connectivity index (χ0) is 27.8. The normalized spacial score (nSPS) is 19.2. The van der Waals surface area contributed by atoms with Crippen molar-refractivity contribution in [2.45, 2.75) is 70.5 Å². The lowest BCUT2D eigenvalue weighted by molar-refractivity contribution is -0.132. The number of rotatable bonds is 14. The lowest BCUT2D eigenvalue weighted by Gasteiger charge is -2.27. The minimum absolute atomic E-state index is 0.0495. The molecule has 2 aromatic rings. The van der Waals surface area contributed by atoms with Gasteiger partial charge < -0.3 is 21.3 Å². The molecule has 7 N–H and O–H groups in total. The topological polar surface area (TPSA) is 162 Å². The Bertz CT molecular complexity index is 1170. The standard InChI is InChI=1S/C26H38N8O2S2/c1-15-11-21(15)34(17(3)13-27)24(35)14-31-16(2)12-20(25(28)32-33-29)19-9-10-37-22(19)7-5-18-6-8-23(38-18)26(36)30-4/h6,8-10,15-17,20-21,31,33H,5,7,11-12,14,29H2,1-4H3,(H2,28,32)(H,30,36)/t15?,16?,17-,20?,21?/m0/s1. The fraction of sp³-hybridized carbons (Fsp3) is 0.538. The number of amidine groups is 1. The number of hydrogen-bond acceptors (Lipinski definition) is 9. The highest BCUT2D eigenvalue weighted by Crippen LogP contribution is 2.36. The average molecular weight is 559 g/mol. The molecule has 1 aliphatic carbocycles. The van der Waals surface area contributed by atoms with Gasteiger partial charge in [0, 0.05) is 34.8 Å². The van der Waals surface area contributed by atoms with Gasteiger partial charge in [-0.25, -0.2) is 11.4 Å². The zero-order valence-electron chi connectivity index (χ0n) is 22.4. The molecule has 1 saturated carbocycles. The van der Waals surface area contributed by atoms with E-state index in [0.29, 0.717) is 23.1 Å². The Morgan fingerprint density at radius 2 is 2.03 bits per heavy atom. The number of nitrogens with two attached hydrogens (primary N) is 2. The summed E-state index contributed by atoms with van der Waals surface area (Å²) in [5.74, 6) is 5.90. The predicted molar refractivity (Wildman–Crippen MR) is 153 cm³/mol. The highest BCUT2D eigenvalue weighted by Gasteiger charge is 2.42. The minimum Gasteiger partial charge on any atom is -0.385 e. The van der Waals surface area contributed by atoms with Gasteiger partial charge in [-0.3, -0.25) is 9.59 Å². The first kappa shape index (κ1) is 29.6. The van der Waals surface area contributed by atoms with Crippen LogP contribution in [0.25, 0.3) is 0 Å². The quantitative estimate of drug-likeness (QED) is 0.103. The average Bonchev–Trinajstić information content (AvgIpc) is 3.28. The van der Waals surface area contributed by atoms with Gasteiger partial charge in [0.15, 0.2) is 0 Å². The highest BCUT2D eigenvalue weighted by molar-refractivity contribution is 7.14. The first-order valence-corrected chi connectivity index (χ1v) is 14.5. The minimum atomic E-state index is -0.454. The van der Waals surface area contributed by atoms with Gasteiger partial charge in [0.2, 0.25) is 5.91 Å². The van der Waals surface area contributed by atoms with Crippen LogP contribution in [0.15, 0.2) is 28.7 Å². The van der Waals surface area contributed by atoms with Gasteiger partial charge in [-0.2, -0.15) is 10.4 Å². The number of nitriles is 1. The van der Waals surface area contributed by atoms with Crippen LogP contribution in [-0.2, 0) is 17.6 Å². The highest BCUT2D eigenvalue weighted by atomic mass is 32.1. The van der Waals surface area contributed by atoms with E-state index in [2.05, 4.69) is 40.3 Å². The molecule has 1 aliphatic rings. The van der Waals surface area contributed by atoms with Gasteiger partial charge in [0.25, 0.3) is 5.91 Å². The Morgan fingerprint density at radius 3 is 2.66 bits per heavy atom. The molecule has 0 radical (unpaired) electrons. The van der Waals surface area contributed by atoms with Gasteiger partial charge in [-0.05, 0) is 74.6 Å². The van der Waals surface area contributed by atoms with Crippen molar-refractivity contribution >= 4 is 40.3 Å². The molecule has 3 rings (SSSR count). The predicted octanol–water partition coefficient (Wildman–Crippen LogP) is 2.29. The second-order valence-electron chi connectivity index (χ2n) is 9.77. The smallest absolute Gasteiger partial charge is 0.261 e. The summed E-state index contributed by atoms with van der Waals surface area (Å²) in [6.45, 7) is 6.03. The van der Waals surface area contributed by atoms with E-state index in [-0.39, 0.29) is 36.4 Å². The Labute approximate surface area is 232 Å². The third-order valence-electron chi connectivity index (χ3n) is 6.92. The third kappa shape index (κ3) is 7.54. The van der Waals surface area contributed by atoms with Crippen molar-refractivity contribution in [1.29, 1.82) is 5.26 Å². The third-order valence-corrected chi connectivity index (χ3v) is 9.06. The maximum absolute atomic E-state index is 13.0. The van der Waals surface area contributed by atoms with E-state index < -0.39 is 6.04 Å². The Morgan fingerprint density at radius 1 is 1.29 bits per heavy atom. The molecule has 0 aromatic carbocycles. The van der Waals surface area contributed by atoms with Crippen molar-refractivity contribution < 1.29 is 9.59 Å². The number of amides is 2. The van der Waals surface area contributed by atoms with Crippen molar-refractivity contribution in [2.24, 2.45) is 22.6 Å². The molecule has 206 valence electrons. The van der Waals surface area contributed by atoms with Crippen molar-refractivity contribution in [1.82, 2.24) is 21.1 Å². The molecule has 12 heteroatoms. The summed E-state index contributed by atoms with van der Waals surface area (Å²) in [7, 11) is 1.63. The molecule has 2 amide bonds. The van der Waals surface area contributed by atoms with E-state index in [9.17, 15) is 14.9 Å². The molecule has 0 spiro atoms. The summed E-state index contributed by atoms with van der Waals surface area (Å²) in [5, 5.41) is 21.5. The Hall–Kier alpha value is -2.98. The van der Waals surface area contributed by atoms with E-state index in [1.54, 1.807) is 30.2 Å². The number of hydrogen-bond donors (Lipinski definition) is 5. The summed E-state index contributed by atoms with van der Waals surface area (Å²) < 4.78 is 0. The largest absolute Gasteiger partial charge is 0.385 e. The van der Waals surface area contributed by atoms with E-state index in [0.717, 1.165) is 29.7 Å². The molecular weight excluding hydrogens is 520 g/mol. The SMILES string of the molecule is CNC(=O)c1ccc(CCc2sccc2C(CC(C)NCC(=O)N(C2CC2C)[C@@H](C)C#N)/C(N)=N/NN)s1. The molecule has 10 nitrogen and oxygen atoms in total. The number of hydrazone groups is 1. The molecule has 0 saturated heterocycles. The second kappa shape index (κ2) is 13.7. The van der Waals surface area contributed by atoms with Gasteiger partial charge in [0.05, 0.1) is 17.5 Å². The van der Waals surface area contributed by atoms with Gasteiger partial charge >= 0.3 is 0 Å². The first-order valence-electron chi connectivity index (χ1n) is 12.8. The van der Waals surface area contributed by atoms with Crippen molar-refractivity contribution in [2.75, 3.05) is 13.6 Å². The van der Waals surface area contributed by atoms with Crippen LogP contribution in [0.4, 0.5) is 0 Å². The van der Waals surface area contributed by atoms with Crippen LogP contribution in [0, 0.1) is 17.2 Å². The summed E-state index contributed by atoms with van der Waals surface area (Å²) in [6.07, 6.45) is 3.17.